The first-order valence-corrected chi connectivity index (χ1v) is 7.21. The van der Waals surface area contributed by atoms with Crippen LogP contribution in [0.2, 0.25) is 0 Å². The van der Waals surface area contributed by atoms with Crippen LogP contribution in [0.25, 0.3) is 6.08 Å². The van der Waals surface area contributed by atoms with Gasteiger partial charge in [0.1, 0.15) is 0 Å². The Labute approximate surface area is 122 Å². The van der Waals surface area contributed by atoms with Crippen molar-refractivity contribution in [3.8, 4) is 0 Å². The second-order valence-corrected chi connectivity index (χ2v) is 5.14. The van der Waals surface area contributed by atoms with Crippen LogP contribution < -0.4 is 0 Å². The summed E-state index contributed by atoms with van der Waals surface area (Å²) >= 11 is 0. The Hall–Kier alpha value is -2.08. The molecule has 0 aromatic heterocycles. The molecule has 0 N–H and O–H groups in total. The topological polar surface area (TPSA) is 0 Å². The van der Waals surface area contributed by atoms with Crippen LogP contribution >= 0.6 is 0 Å². The molecular weight excluding hydrogens is 240 g/mol. The number of hydrogen-bond donors (Lipinski definition) is 0. The van der Waals surface area contributed by atoms with Gasteiger partial charge in [0.2, 0.25) is 0 Å². The van der Waals surface area contributed by atoms with Gasteiger partial charge in [-0.05, 0) is 29.9 Å². The van der Waals surface area contributed by atoms with Crippen LogP contribution in [0.1, 0.15) is 36.8 Å². The first kappa shape index (κ1) is 14.3. The largest absolute Gasteiger partial charge is 0.0985 e. The molecule has 0 saturated heterocycles. The smallest absolute Gasteiger partial charge is 0.000776 e. The summed E-state index contributed by atoms with van der Waals surface area (Å²) in [7, 11) is 0. The van der Waals surface area contributed by atoms with Crippen molar-refractivity contribution in [2.24, 2.45) is 0 Å². The second-order valence-electron chi connectivity index (χ2n) is 5.14. The molecule has 1 atom stereocenters. The summed E-state index contributed by atoms with van der Waals surface area (Å²) in [5.74, 6) is 0.601. The number of rotatable bonds is 3. The highest BCUT2D eigenvalue weighted by atomic mass is 14.2. The molecule has 2 aromatic rings. The third-order valence-electron chi connectivity index (χ3n) is 3.39. The highest BCUT2D eigenvalue weighted by molar-refractivity contribution is 5.45. The van der Waals surface area contributed by atoms with Crippen molar-refractivity contribution < 1.29 is 0 Å². The standard InChI is InChI=1S/C12H14.C8H8/c1-10(9-11-7-8-11)12-5-3-2-4-6-12;1-2-8-6-4-3-5-7-8/h2-6,9-10H,7-8H2,1H3;2-7H,1H2. The van der Waals surface area contributed by atoms with Gasteiger partial charge >= 0.3 is 0 Å². The summed E-state index contributed by atoms with van der Waals surface area (Å²) in [4.78, 5) is 0. The van der Waals surface area contributed by atoms with Gasteiger partial charge in [-0.15, -0.1) is 0 Å². The van der Waals surface area contributed by atoms with E-state index in [-0.39, 0.29) is 0 Å². The first-order chi connectivity index (χ1) is 9.79. The lowest BCUT2D eigenvalue weighted by atomic mass is 10.0. The molecule has 2 aromatic carbocycles. The molecule has 0 bridgehead atoms. The van der Waals surface area contributed by atoms with E-state index in [1.165, 1.54) is 24.0 Å². The van der Waals surface area contributed by atoms with E-state index in [1.54, 1.807) is 5.57 Å². The van der Waals surface area contributed by atoms with Crippen molar-refractivity contribution in [1.29, 1.82) is 0 Å². The summed E-state index contributed by atoms with van der Waals surface area (Å²) in [5.41, 5.74) is 4.23. The Morgan fingerprint density at radius 3 is 1.90 bits per heavy atom. The minimum Gasteiger partial charge on any atom is -0.0985 e. The van der Waals surface area contributed by atoms with E-state index in [0.717, 1.165) is 0 Å². The van der Waals surface area contributed by atoms with Gasteiger partial charge in [-0.2, -0.15) is 0 Å². The fourth-order valence-electron chi connectivity index (χ4n) is 2.03. The van der Waals surface area contributed by atoms with E-state index in [1.807, 2.05) is 36.4 Å². The van der Waals surface area contributed by atoms with E-state index < -0.39 is 0 Å². The molecule has 0 heterocycles. The van der Waals surface area contributed by atoms with Gasteiger partial charge in [0, 0.05) is 0 Å². The molecule has 1 saturated carbocycles. The Balaban J connectivity index is 0.000000160. The van der Waals surface area contributed by atoms with Gasteiger partial charge in [0.25, 0.3) is 0 Å². The van der Waals surface area contributed by atoms with Crippen molar-refractivity contribution >= 4 is 6.08 Å². The van der Waals surface area contributed by atoms with E-state index in [0.29, 0.717) is 5.92 Å². The summed E-state index contributed by atoms with van der Waals surface area (Å²) < 4.78 is 0. The van der Waals surface area contributed by atoms with Crippen LogP contribution in [0.5, 0.6) is 0 Å². The molecule has 0 aliphatic heterocycles. The molecule has 3 rings (SSSR count). The number of benzene rings is 2. The molecule has 1 unspecified atom stereocenters. The quantitative estimate of drug-likeness (QED) is 0.609. The molecule has 102 valence electrons. The van der Waals surface area contributed by atoms with Crippen molar-refractivity contribution in [3.05, 3.63) is 90.0 Å². The Bertz CT molecular complexity index is 543. The fraction of sp³-hybridized carbons (Fsp3) is 0.200. The summed E-state index contributed by atoms with van der Waals surface area (Å²) in [5, 5.41) is 0. The van der Waals surface area contributed by atoms with Crippen molar-refractivity contribution in [2.45, 2.75) is 25.7 Å². The zero-order valence-corrected chi connectivity index (χ0v) is 12.1. The molecule has 1 aliphatic rings. The number of hydrogen-bond acceptors (Lipinski definition) is 0. The molecule has 0 amide bonds. The zero-order valence-electron chi connectivity index (χ0n) is 12.1. The highest BCUT2D eigenvalue weighted by Gasteiger charge is 2.12. The lowest BCUT2D eigenvalue weighted by molar-refractivity contribution is 0.963. The van der Waals surface area contributed by atoms with Crippen LogP contribution in [0, 0.1) is 0 Å². The monoisotopic (exact) mass is 262 g/mol. The highest BCUT2D eigenvalue weighted by Crippen LogP contribution is 2.31. The van der Waals surface area contributed by atoms with Crippen molar-refractivity contribution in [3.63, 3.8) is 0 Å². The van der Waals surface area contributed by atoms with Gasteiger partial charge in [0.05, 0.1) is 0 Å². The second kappa shape index (κ2) is 7.49. The lowest BCUT2D eigenvalue weighted by Crippen LogP contribution is -1.86. The first-order valence-electron chi connectivity index (χ1n) is 7.21. The van der Waals surface area contributed by atoms with Gasteiger partial charge in [-0.1, -0.05) is 91.9 Å². The molecule has 0 radical (unpaired) electrons. The molecular formula is C20H22. The predicted octanol–water partition coefficient (Wildman–Crippen LogP) is 5.84. The minimum absolute atomic E-state index is 0.601. The van der Waals surface area contributed by atoms with Crippen molar-refractivity contribution in [2.75, 3.05) is 0 Å². The summed E-state index contributed by atoms with van der Waals surface area (Å²) in [6.45, 7) is 5.90. The van der Waals surface area contributed by atoms with Crippen LogP contribution in [-0.4, -0.2) is 0 Å². The fourth-order valence-corrected chi connectivity index (χ4v) is 2.03. The molecule has 0 spiro atoms. The molecule has 0 nitrogen and oxygen atoms in total. The van der Waals surface area contributed by atoms with Crippen LogP contribution in [0.15, 0.2) is 78.9 Å². The molecule has 1 fully saturated rings. The lowest BCUT2D eigenvalue weighted by Gasteiger charge is -2.04. The summed E-state index contributed by atoms with van der Waals surface area (Å²) in [6.07, 6.45) is 6.89. The van der Waals surface area contributed by atoms with E-state index in [9.17, 15) is 0 Å². The van der Waals surface area contributed by atoms with Gasteiger partial charge in [-0.3, -0.25) is 0 Å². The average Bonchev–Trinajstić information content (AvgIpc) is 3.33. The number of allylic oxidation sites excluding steroid dienone is 2. The predicted molar refractivity (Wildman–Crippen MR) is 88.7 cm³/mol. The normalized spacial score (nSPS) is 13.8. The zero-order chi connectivity index (χ0) is 14.2. The third kappa shape index (κ3) is 4.89. The Kier molecular flexibility index (Phi) is 5.37. The average molecular weight is 262 g/mol. The van der Waals surface area contributed by atoms with E-state index >= 15 is 0 Å². The SMILES string of the molecule is C=Cc1ccccc1.CC(C=C1CC1)c1ccccc1. The molecule has 1 aliphatic carbocycles. The van der Waals surface area contributed by atoms with Crippen LogP contribution in [-0.2, 0) is 0 Å². The van der Waals surface area contributed by atoms with E-state index in [4.69, 9.17) is 0 Å². The van der Waals surface area contributed by atoms with Gasteiger partial charge in [-0.25, -0.2) is 0 Å². The maximum atomic E-state index is 3.63. The minimum atomic E-state index is 0.601. The molecule has 20 heavy (non-hydrogen) atoms. The Morgan fingerprint density at radius 1 is 0.900 bits per heavy atom. The van der Waals surface area contributed by atoms with Gasteiger partial charge < -0.3 is 0 Å². The van der Waals surface area contributed by atoms with Crippen molar-refractivity contribution in [1.82, 2.24) is 0 Å². The summed E-state index contributed by atoms with van der Waals surface area (Å²) in [6, 6.07) is 20.7. The van der Waals surface area contributed by atoms with E-state index in [2.05, 4.69) is 49.9 Å². The maximum Gasteiger partial charge on any atom is -0.000776 e. The van der Waals surface area contributed by atoms with Crippen LogP contribution in [0.4, 0.5) is 0 Å². The molecule has 0 heteroatoms. The maximum absolute atomic E-state index is 3.63. The third-order valence-corrected chi connectivity index (χ3v) is 3.39. The van der Waals surface area contributed by atoms with Gasteiger partial charge in [0.15, 0.2) is 0 Å². The Morgan fingerprint density at radius 2 is 1.45 bits per heavy atom. The van der Waals surface area contributed by atoms with Crippen LogP contribution in [0.3, 0.4) is 0 Å².